The molecule has 0 aliphatic carbocycles. The molecule has 0 amide bonds. The first-order valence-electron chi connectivity index (χ1n) is 6.20. The minimum Gasteiger partial charge on any atom is -0.308 e. The minimum absolute atomic E-state index is 0.164. The lowest BCUT2D eigenvalue weighted by Crippen LogP contribution is -2.34. The number of nitrogens with one attached hydrogen (secondary N) is 1. The van der Waals surface area contributed by atoms with E-state index in [0.29, 0.717) is 6.04 Å². The van der Waals surface area contributed by atoms with Gasteiger partial charge in [-0.2, -0.15) is 5.10 Å². The second kappa shape index (κ2) is 5.48. The predicted molar refractivity (Wildman–Crippen MR) is 68.4 cm³/mol. The van der Waals surface area contributed by atoms with Gasteiger partial charge in [-0.3, -0.25) is 4.68 Å². The molecule has 1 rings (SSSR count). The first-order chi connectivity index (χ1) is 7.42. The smallest absolute Gasteiger partial charge is 0.0534 e. The topological polar surface area (TPSA) is 29.9 Å². The standard InChI is InChI=1S/C13H25N3/c1-6-7-11(2)16-10-12(9-15-16)8-14-13(3,4)5/h9-11,14H,6-8H2,1-5H3. The Morgan fingerprint density at radius 2 is 2.12 bits per heavy atom. The van der Waals surface area contributed by atoms with Crippen molar-refractivity contribution in [3.63, 3.8) is 0 Å². The molecular formula is C13H25N3. The third kappa shape index (κ3) is 4.35. The summed E-state index contributed by atoms with van der Waals surface area (Å²) in [4.78, 5) is 0. The number of hydrogen-bond donors (Lipinski definition) is 1. The van der Waals surface area contributed by atoms with Gasteiger partial charge >= 0.3 is 0 Å². The van der Waals surface area contributed by atoms with E-state index >= 15 is 0 Å². The van der Waals surface area contributed by atoms with Gasteiger partial charge in [0.1, 0.15) is 0 Å². The van der Waals surface area contributed by atoms with Crippen LogP contribution in [0.2, 0.25) is 0 Å². The molecule has 92 valence electrons. The van der Waals surface area contributed by atoms with Crippen LogP contribution in [0.15, 0.2) is 12.4 Å². The SMILES string of the molecule is CCCC(C)n1cc(CNC(C)(C)C)cn1. The molecule has 3 heteroatoms. The number of rotatable bonds is 5. The van der Waals surface area contributed by atoms with E-state index in [0.717, 1.165) is 6.54 Å². The Morgan fingerprint density at radius 1 is 1.44 bits per heavy atom. The van der Waals surface area contributed by atoms with Crippen LogP contribution in [-0.2, 0) is 6.54 Å². The highest BCUT2D eigenvalue weighted by molar-refractivity contribution is 5.04. The highest BCUT2D eigenvalue weighted by Gasteiger charge is 2.10. The van der Waals surface area contributed by atoms with Gasteiger partial charge in [-0.05, 0) is 34.1 Å². The van der Waals surface area contributed by atoms with Crippen molar-refractivity contribution in [2.45, 2.75) is 65.6 Å². The number of nitrogens with zero attached hydrogens (tertiary/aromatic N) is 2. The van der Waals surface area contributed by atoms with E-state index in [9.17, 15) is 0 Å². The van der Waals surface area contributed by atoms with Crippen molar-refractivity contribution in [1.82, 2.24) is 15.1 Å². The maximum Gasteiger partial charge on any atom is 0.0534 e. The van der Waals surface area contributed by atoms with E-state index in [4.69, 9.17) is 0 Å². The number of aromatic nitrogens is 2. The van der Waals surface area contributed by atoms with E-state index in [-0.39, 0.29) is 5.54 Å². The van der Waals surface area contributed by atoms with Gasteiger partial charge in [0.15, 0.2) is 0 Å². The van der Waals surface area contributed by atoms with Gasteiger partial charge in [0, 0.05) is 29.9 Å². The van der Waals surface area contributed by atoms with Crippen LogP contribution < -0.4 is 5.32 Å². The molecule has 1 N–H and O–H groups in total. The van der Waals surface area contributed by atoms with E-state index in [1.54, 1.807) is 0 Å². The van der Waals surface area contributed by atoms with Gasteiger partial charge in [0.25, 0.3) is 0 Å². The molecule has 3 nitrogen and oxygen atoms in total. The third-order valence-electron chi connectivity index (χ3n) is 2.64. The molecule has 0 aliphatic rings. The van der Waals surface area contributed by atoms with Crippen molar-refractivity contribution in [3.05, 3.63) is 18.0 Å². The maximum atomic E-state index is 4.41. The second-order valence-electron chi connectivity index (χ2n) is 5.57. The van der Waals surface area contributed by atoms with Crippen LogP contribution in [0.5, 0.6) is 0 Å². The molecule has 1 heterocycles. The first kappa shape index (κ1) is 13.2. The van der Waals surface area contributed by atoms with Crippen molar-refractivity contribution in [2.24, 2.45) is 0 Å². The second-order valence-corrected chi connectivity index (χ2v) is 5.57. The minimum atomic E-state index is 0.164. The summed E-state index contributed by atoms with van der Waals surface area (Å²) in [5.74, 6) is 0. The van der Waals surface area contributed by atoms with Crippen molar-refractivity contribution in [3.8, 4) is 0 Å². The summed E-state index contributed by atoms with van der Waals surface area (Å²) in [7, 11) is 0. The van der Waals surface area contributed by atoms with Gasteiger partial charge in [0.05, 0.1) is 6.20 Å². The van der Waals surface area contributed by atoms with Crippen molar-refractivity contribution in [2.75, 3.05) is 0 Å². The zero-order valence-corrected chi connectivity index (χ0v) is 11.2. The fourth-order valence-electron chi connectivity index (χ4n) is 1.63. The molecule has 0 saturated carbocycles. The molecule has 1 atom stereocenters. The van der Waals surface area contributed by atoms with Crippen LogP contribution in [-0.4, -0.2) is 15.3 Å². The largest absolute Gasteiger partial charge is 0.308 e. The van der Waals surface area contributed by atoms with Crippen LogP contribution in [0.25, 0.3) is 0 Å². The molecule has 16 heavy (non-hydrogen) atoms. The molecule has 0 radical (unpaired) electrons. The zero-order valence-electron chi connectivity index (χ0n) is 11.2. The summed E-state index contributed by atoms with van der Waals surface area (Å²) in [6.45, 7) is 11.9. The van der Waals surface area contributed by atoms with Gasteiger partial charge in [-0.25, -0.2) is 0 Å². The van der Waals surface area contributed by atoms with Crippen LogP contribution in [0.4, 0.5) is 0 Å². The molecule has 0 fully saturated rings. The zero-order chi connectivity index (χ0) is 12.2. The van der Waals surface area contributed by atoms with Crippen molar-refractivity contribution >= 4 is 0 Å². The van der Waals surface area contributed by atoms with E-state index in [2.05, 4.69) is 55.9 Å². The Labute approximate surface area is 99.2 Å². The van der Waals surface area contributed by atoms with E-state index in [1.807, 2.05) is 6.20 Å². The molecule has 1 unspecified atom stereocenters. The highest BCUT2D eigenvalue weighted by Crippen LogP contribution is 2.13. The molecule has 0 spiro atoms. The average molecular weight is 223 g/mol. The van der Waals surface area contributed by atoms with E-state index in [1.165, 1.54) is 18.4 Å². The van der Waals surface area contributed by atoms with Gasteiger partial charge < -0.3 is 5.32 Å². The molecule has 0 aromatic carbocycles. The Kier molecular flexibility index (Phi) is 4.54. The lowest BCUT2D eigenvalue weighted by Gasteiger charge is -2.19. The van der Waals surface area contributed by atoms with Crippen LogP contribution in [0, 0.1) is 0 Å². The lowest BCUT2D eigenvalue weighted by atomic mass is 10.1. The van der Waals surface area contributed by atoms with Crippen molar-refractivity contribution in [1.29, 1.82) is 0 Å². The van der Waals surface area contributed by atoms with Crippen LogP contribution >= 0.6 is 0 Å². The maximum absolute atomic E-state index is 4.41. The monoisotopic (exact) mass is 223 g/mol. The molecular weight excluding hydrogens is 198 g/mol. The van der Waals surface area contributed by atoms with Gasteiger partial charge in [-0.1, -0.05) is 13.3 Å². The van der Waals surface area contributed by atoms with Gasteiger partial charge in [-0.15, -0.1) is 0 Å². The normalized spacial score (nSPS) is 14.1. The molecule has 0 bridgehead atoms. The average Bonchev–Trinajstić information content (AvgIpc) is 2.62. The number of hydrogen-bond acceptors (Lipinski definition) is 2. The van der Waals surface area contributed by atoms with E-state index < -0.39 is 0 Å². The fraction of sp³-hybridized carbons (Fsp3) is 0.769. The third-order valence-corrected chi connectivity index (χ3v) is 2.64. The highest BCUT2D eigenvalue weighted by atomic mass is 15.3. The molecule has 1 aromatic heterocycles. The summed E-state index contributed by atoms with van der Waals surface area (Å²) < 4.78 is 2.07. The molecule has 1 aromatic rings. The summed E-state index contributed by atoms with van der Waals surface area (Å²) in [6.07, 6.45) is 6.51. The Morgan fingerprint density at radius 3 is 2.69 bits per heavy atom. The first-order valence-corrected chi connectivity index (χ1v) is 6.20. The van der Waals surface area contributed by atoms with Gasteiger partial charge in [0.2, 0.25) is 0 Å². The van der Waals surface area contributed by atoms with Crippen molar-refractivity contribution < 1.29 is 0 Å². The van der Waals surface area contributed by atoms with Crippen LogP contribution in [0.1, 0.15) is 59.1 Å². The Balaban J connectivity index is 2.51. The fourth-order valence-corrected chi connectivity index (χ4v) is 1.63. The summed E-state index contributed by atoms with van der Waals surface area (Å²) in [6, 6.07) is 0.508. The Hall–Kier alpha value is -0.830. The summed E-state index contributed by atoms with van der Waals surface area (Å²) in [5, 5.41) is 7.88. The van der Waals surface area contributed by atoms with Crippen LogP contribution in [0.3, 0.4) is 0 Å². The Bertz CT molecular complexity index is 309. The molecule has 0 saturated heterocycles. The quantitative estimate of drug-likeness (QED) is 0.831. The predicted octanol–water partition coefficient (Wildman–Crippen LogP) is 3.13. The molecule has 0 aliphatic heterocycles. The summed E-state index contributed by atoms with van der Waals surface area (Å²) in [5.41, 5.74) is 1.43. The summed E-state index contributed by atoms with van der Waals surface area (Å²) >= 11 is 0. The lowest BCUT2D eigenvalue weighted by molar-refractivity contribution is 0.423.